The number of hydrogen-bond acceptors (Lipinski definition) is 4. The van der Waals surface area contributed by atoms with E-state index in [2.05, 4.69) is 36.5 Å². The molecule has 0 atom stereocenters. The highest BCUT2D eigenvalue weighted by molar-refractivity contribution is 9.10. The van der Waals surface area contributed by atoms with E-state index in [1.54, 1.807) is 0 Å². The molecule has 1 aromatic heterocycles. The van der Waals surface area contributed by atoms with E-state index in [1.165, 1.54) is 0 Å². The van der Waals surface area contributed by atoms with Crippen LogP contribution in [0.3, 0.4) is 0 Å². The lowest BCUT2D eigenvalue weighted by atomic mass is 10.1. The van der Waals surface area contributed by atoms with E-state index in [-0.39, 0.29) is 30.7 Å². The second-order valence-electron chi connectivity index (χ2n) is 7.72. The van der Waals surface area contributed by atoms with Gasteiger partial charge in [0, 0.05) is 49.9 Å². The van der Waals surface area contributed by atoms with Crippen molar-refractivity contribution in [1.82, 2.24) is 19.4 Å². The lowest BCUT2D eigenvalue weighted by Crippen LogP contribution is -2.35. The number of rotatable bonds is 5. The van der Waals surface area contributed by atoms with Crippen LogP contribution in [-0.4, -0.2) is 51.4 Å². The summed E-state index contributed by atoms with van der Waals surface area (Å²) in [5.41, 5.74) is 3.67. The van der Waals surface area contributed by atoms with Crippen LogP contribution in [0, 0.1) is 11.3 Å². The van der Waals surface area contributed by atoms with Gasteiger partial charge in [-0.3, -0.25) is 9.69 Å². The number of nitrogens with zero attached hydrogens (tertiary/aromatic N) is 5. The van der Waals surface area contributed by atoms with Crippen LogP contribution in [0.5, 0.6) is 0 Å². The Balaban J connectivity index is 0.00000193. The summed E-state index contributed by atoms with van der Waals surface area (Å²) >= 11 is 3.49. The molecule has 174 valence electrons. The van der Waals surface area contributed by atoms with Gasteiger partial charge in [-0.15, -0.1) is 24.8 Å². The van der Waals surface area contributed by atoms with E-state index < -0.39 is 0 Å². The van der Waals surface area contributed by atoms with Crippen LogP contribution in [-0.2, 0) is 13.1 Å². The van der Waals surface area contributed by atoms with E-state index in [9.17, 15) is 4.79 Å². The van der Waals surface area contributed by atoms with Crippen molar-refractivity contribution in [2.24, 2.45) is 0 Å². The predicted molar refractivity (Wildman–Crippen MR) is 137 cm³/mol. The number of amides is 1. The van der Waals surface area contributed by atoms with Gasteiger partial charge in [-0.05, 0) is 52.2 Å². The lowest BCUT2D eigenvalue weighted by Gasteiger charge is -2.23. The van der Waals surface area contributed by atoms with Crippen LogP contribution in [0.2, 0.25) is 0 Å². The normalized spacial score (nSPS) is 13.9. The minimum Gasteiger partial charge on any atom is -0.337 e. The van der Waals surface area contributed by atoms with Crippen LogP contribution >= 0.6 is 40.7 Å². The van der Waals surface area contributed by atoms with Crippen LogP contribution in [0.4, 0.5) is 0 Å². The molecule has 0 radical (unpaired) electrons. The molecule has 0 unspecified atom stereocenters. The van der Waals surface area contributed by atoms with Gasteiger partial charge in [-0.25, -0.2) is 4.98 Å². The zero-order chi connectivity index (χ0) is 21.6. The smallest absolute Gasteiger partial charge is 0.255 e. The highest BCUT2D eigenvalue weighted by atomic mass is 79.9. The zero-order valence-electron chi connectivity index (χ0n) is 18.1. The number of imidazole rings is 1. The molecule has 4 rings (SSSR count). The van der Waals surface area contributed by atoms with E-state index in [4.69, 9.17) is 5.26 Å². The summed E-state index contributed by atoms with van der Waals surface area (Å²) in [6.45, 7) is 4.78. The Morgan fingerprint density at radius 3 is 2.48 bits per heavy atom. The molecule has 1 amide bonds. The summed E-state index contributed by atoms with van der Waals surface area (Å²) in [6.07, 6.45) is 4.71. The second-order valence-corrected chi connectivity index (χ2v) is 8.58. The fourth-order valence-corrected chi connectivity index (χ4v) is 4.32. The molecular formula is C24H26BrCl2N5O. The van der Waals surface area contributed by atoms with E-state index in [0.29, 0.717) is 12.1 Å². The summed E-state index contributed by atoms with van der Waals surface area (Å²) in [6, 6.07) is 17.4. The van der Waals surface area contributed by atoms with Gasteiger partial charge in [-0.2, -0.15) is 5.26 Å². The molecule has 2 heterocycles. The molecule has 0 spiro atoms. The van der Waals surface area contributed by atoms with Gasteiger partial charge in [0.25, 0.3) is 5.91 Å². The highest BCUT2D eigenvalue weighted by Gasteiger charge is 2.22. The topological polar surface area (TPSA) is 65.2 Å². The first-order chi connectivity index (χ1) is 15.1. The van der Waals surface area contributed by atoms with Crippen molar-refractivity contribution < 1.29 is 4.79 Å². The molecule has 1 fully saturated rings. The number of nitriles is 1. The third kappa shape index (κ3) is 6.81. The second kappa shape index (κ2) is 12.8. The first-order valence-electron chi connectivity index (χ1n) is 10.4. The van der Waals surface area contributed by atoms with Crippen LogP contribution < -0.4 is 0 Å². The lowest BCUT2D eigenvalue weighted by molar-refractivity contribution is 0.0760. The summed E-state index contributed by atoms with van der Waals surface area (Å²) in [5, 5.41) is 8.97. The first kappa shape index (κ1) is 26.9. The highest BCUT2D eigenvalue weighted by Crippen LogP contribution is 2.19. The monoisotopic (exact) mass is 549 g/mol. The average Bonchev–Trinajstić information content (AvgIpc) is 3.08. The van der Waals surface area contributed by atoms with Crippen LogP contribution in [0.15, 0.2) is 65.5 Å². The van der Waals surface area contributed by atoms with E-state index in [1.807, 2.05) is 66.0 Å². The first-order valence-corrected chi connectivity index (χ1v) is 11.2. The molecule has 1 saturated heterocycles. The number of hydrogen-bond donors (Lipinski definition) is 0. The molecule has 6 nitrogen and oxygen atoms in total. The van der Waals surface area contributed by atoms with Gasteiger partial charge >= 0.3 is 0 Å². The largest absolute Gasteiger partial charge is 0.337 e. The Morgan fingerprint density at radius 2 is 1.76 bits per heavy atom. The minimum atomic E-state index is 0. The van der Waals surface area contributed by atoms with E-state index in [0.717, 1.165) is 60.4 Å². The van der Waals surface area contributed by atoms with Crippen LogP contribution in [0.1, 0.15) is 33.6 Å². The zero-order valence-corrected chi connectivity index (χ0v) is 21.3. The summed E-state index contributed by atoms with van der Waals surface area (Å²) in [5.74, 6) is 0.0835. The Labute approximate surface area is 215 Å². The summed E-state index contributed by atoms with van der Waals surface area (Å²) < 4.78 is 2.99. The fourth-order valence-electron chi connectivity index (χ4n) is 3.87. The van der Waals surface area contributed by atoms with Gasteiger partial charge < -0.3 is 9.47 Å². The number of aromatic nitrogens is 2. The van der Waals surface area contributed by atoms with Crippen molar-refractivity contribution in [2.75, 3.05) is 26.2 Å². The molecule has 0 N–H and O–H groups in total. The van der Waals surface area contributed by atoms with Gasteiger partial charge in [0.15, 0.2) is 0 Å². The van der Waals surface area contributed by atoms with Crippen molar-refractivity contribution >= 4 is 46.7 Å². The summed E-state index contributed by atoms with van der Waals surface area (Å²) in [4.78, 5) is 21.6. The molecule has 3 aromatic rings. The van der Waals surface area contributed by atoms with Gasteiger partial charge in [0.1, 0.15) is 0 Å². The number of benzene rings is 2. The molecule has 33 heavy (non-hydrogen) atoms. The third-order valence-electron chi connectivity index (χ3n) is 5.60. The van der Waals surface area contributed by atoms with Crippen molar-refractivity contribution in [3.63, 3.8) is 0 Å². The molecule has 0 bridgehead atoms. The minimum absolute atomic E-state index is 0. The quantitative estimate of drug-likeness (QED) is 0.459. The SMILES string of the molecule is Cl.Cl.N#Cc1ccc(Cn2cncc2CN2CCCN(C(=O)c3ccccc3Br)CC2)cc1. The Kier molecular flexibility index (Phi) is 10.4. The van der Waals surface area contributed by atoms with Crippen LogP contribution in [0.25, 0.3) is 0 Å². The molecule has 0 saturated carbocycles. The van der Waals surface area contributed by atoms with Gasteiger partial charge in [0.2, 0.25) is 0 Å². The third-order valence-corrected chi connectivity index (χ3v) is 6.29. The number of carbonyl (C=O) groups excluding carboxylic acids is 1. The van der Waals surface area contributed by atoms with Crippen molar-refractivity contribution in [1.29, 1.82) is 5.26 Å². The Hall–Kier alpha value is -2.37. The average molecular weight is 551 g/mol. The molecule has 0 aliphatic carbocycles. The standard InChI is InChI=1S/C24H24BrN5O.2ClH/c25-23-5-2-1-4-22(23)24(31)29-11-3-10-28(12-13-29)17-21-15-27-18-30(21)16-20-8-6-19(14-26)7-9-20;;/h1-2,4-9,15,18H,3,10-13,16-17H2;2*1H. The molecule has 1 aliphatic heterocycles. The predicted octanol–water partition coefficient (Wildman–Crippen LogP) is 4.76. The Morgan fingerprint density at radius 1 is 1.00 bits per heavy atom. The maximum atomic E-state index is 12.9. The van der Waals surface area contributed by atoms with E-state index >= 15 is 0 Å². The Bertz CT molecular complexity index is 1100. The van der Waals surface area contributed by atoms with Crippen molar-refractivity contribution in [3.8, 4) is 6.07 Å². The number of carbonyl (C=O) groups is 1. The van der Waals surface area contributed by atoms with Crippen molar-refractivity contribution in [3.05, 3.63) is 87.9 Å². The number of halogens is 3. The maximum absolute atomic E-state index is 12.9. The molecule has 1 aliphatic rings. The van der Waals surface area contributed by atoms with Gasteiger partial charge in [0.05, 0.1) is 29.2 Å². The van der Waals surface area contributed by atoms with Crippen molar-refractivity contribution in [2.45, 2.75) is 19.5 Å². The van der Waals surface area contributed by atoms with Gasteiger partial charge in [-0.1, -0.05) is 24.3 Å². The molecule has 9 heteroatoms. The molecule has 2 aromatic carbocycles. The maximum Gasteiger partial charge on any atom is 0.255 e. The fraction of sp³-hybridized carbons (Fsp3) is 0.292. The molecular weight excluding hydrogens is 525 g/mol. The summed E-state index contributed by atoms with van der Waals surface area (Å²) in [7, 11) is 0.